The molecule has 0 fully saturated rings. The molecule has 0 bridgehead atoms. The lowest BCUT2D eigenvalue weighted by Crippen LogP contribution is -2.30. The molecule has 1 aromatic carbocycles. The number of carbonyl (C=O) groups excluding carboxylic acids is 2. The van der Waals surface area contributed by atoms with E-state index < -0.39 is 18.2 Å². The van der Waals surface area contributed by atoms with Crippen molar-refractivity contribution in [2.75, 3.05) is 14.2 Å². The summed E-state index contributed by atoms with van der Waals surface area (Å²) in [7, 11) is 2.42. The Bertz CT molecular complexity index is 771. The fraction of sp³-hybridized carbons (Fsp3) is 0.333. The van der Waals surface area contributed by atoms with E-state index in [9.17, 15) is 9.59 Å². The Morgan fingerprint density at radius 2 is 1.65 bits per heavy atom. The molecule has 0 spiro atoms. The van der Waals surface area contributed by atoms with E-state index in [0.29, 0.717) is 28.4 Å². The summed E-state index contributed by atoms with van der Waals surface area (Å²) in [6, 6.07) is 7.02. The second-order valence-electron chi connectivity index (χ2n) is 5.38. The first kappa shape index (κ1) is 19.7. The maximum Gasteiger partial charge on any atom is 0.513 e. The molecule has 2 rings (SSSR count). The topological polar surface area (TPSA) is 83.1 Å². The predicted octanol–water partition coefficient (Wildman–Crippen LogP) is 4.45. The van der Waals surface area contributed by atoms with Crippen LogP contribution in [-0.2, 0) is 18.9 Å². The number of halogens is 1. The molecule has 140 valence electrons. The maximum absolute atomic E-state index is 11.8. The molecule has 1 aromatic rings. The van der Waals surface area contributed by atoms with E-state index in [1.165, 1.54) is 14.2 Å². The number of rotatable bonds is 4. The lowest BCUT2D eigenvalue weighted by Gasteiger charge is -2.31. The minimum Gasteiger partial charge on any atom is -0.437 e. The zero-order chi connectivity index (χ0) is 19.3. The minimum absolute atomic E-state index is 0.223. The summed E-state index contributed by atoms with van der Waals surface area (Å²) in [6.07, 6.45) is -1.24. The van der Waals surface area contributed by atoms with Crippen molar-refractivity contribution in [2.24, 2.45) is 0 Å². The molecule has 1 aliphatic rings. The highest BCUT2D eigenvalue weighted by Crippen LogP contribution is 2.42. The summed E-state index contributed by atoms with van der Waals surface area (Å²) in [5, 5.41) is 3.53. The van der Waals surface area contributed by atoms with Crippen LogP contribution in [0.15, 0.2) is 47.2 Å². The molecule has 0 amide bonds. The number of methoxy groups -OCH3 is 2. The van der Waals surface area contributed by atoms with Gasteiger partial charge >= 0.3 is 12.3 Å². The van der Waals surface area contributed by atoms with Crippen LogP contribution in [0.4, 0.5) is 9.59 Å². The molecular formula is C18H20ClNO6. The standard InChI is InChI=1S/C18H20ClNO6/c1-5-13-16(26-18(22)24-4)14(11-8-6-7-9-12(11)19)15(10(2)20-13)25-17(21)23-3/h6-9,14,20H,5H2,1-4H3. The Balaban J connectivity index is 2.62. The summed E-state index contributed by atoms with van der Waals surface area (Å²) < 4.78 is 20.0. The van der Waals surface area contributed by atoms with Crippen LogP contribution in [0.1, 0.15) is 31.7 Å². The van der Waals surface area contributed by atoms with Gasteiger partial charge in [0.1, 0.15) is 17.4 Å². The molecule has 0 saturated carbocycles. The van der Waals surface area contributed by atoms with Crippen LogP contribution in [0.25, 0.3) is 0 Å². The Labute approximate surface area is 156 Å². The Morgan fingerprint density at radius 1 is 1.08 bits per heavy atom. The molecule has 1 aliphatic heterocycles. The van der Waals surface area contributed by atoms with Crippen LogP contribution >= 0.6 is 11.6 Å². The van der Waals surface area contributed by atoms with Crippen LogP contribution in [-0.4, -0.2) is 26.5 Å². The summed E-state index contributed by atoms with van der Waals surface area (Å²) in [4.78, 5) is 23.5. The van der Waals surface area contributed by atoms with Gasteiger partial charge < -0.3 is 24.3 Å². The normalized spacial score (nSPS) is 16.7. The molecule has 26 heavy (non-hydrogen) atoms. The van der Waals surface area contributed by atoms with Crippen molar-refractivity contribution < 1.29 is 28.5 Å². The fourth-order valence-electron chi connectivity index (χ4n) is 2.63. The number of hydrogen-bond donors (Lipinski definition) is 1. The molecular weight excluding hydrogens is 362 g/mol. The molecule has 0 saturated heterocycles. The molecule has 0 radical (unpaired) electrons. The van der Waals surface area contributed by atoms with Gasteiger partial charge in [-0.15, -0.1) is 0 Å². The van der Waals surface area contributed by atoms with Crippen LogP contribution in [0.3, 0.4) is 0 Å². The average molecular weight is 382 g/mol. The molecule has 1 heterocycles. The highest BCUT2D eigenvalue weighted by molar-refractivity contribution is 6.31. The van der Waals surface area contributed by atoms with Crippen molar-refractivity contribution in [3.8, 4) is 0 Å². The summed E-state index contributed by atoms with van der Waals surface area (Å²) >= 11 is 6.36. The third-order valence-electron chi connectivity index (χ3n) is 3.82. The van der Waals surface area contributed by atoms with Gasteiger partial charge in [-0.05, 0) is 25.0 Å². The lowest BCUT2D eigenvalue weighted by atomic mass is 9.90. The average Bonchev–Trinajstić information content (AvgIpc) is 2.64. The highest BCUT2D eigenvalue weighted by atomic mass is 35.5. The van der Waals surface area contributed by atoms with Crippen molar-refractivity contribution >= 4 is 23.9 Å². The number of benzene rings is 1. The van der Waals surface area contributed by atoms with Gasteiger partial charge in [-0.2, -0.15) is 0 Å². The van der Waals surface area contributed by atoms with Crippen molar-refractivity contribution in [1.29, 1.82) is 0 Å². The summed E-state index contributed by atoms with van der Waals surface area (Å²) in [5.41, 5.74) is 1.84. The molecule has 8 heteroatoms. The SMILES string of the molecule is CCC1=C(OC(=O)OC)C(c2ccccc2Cl)C(OC(=O)OC)=C(C)N1. The van der Waals surface area contributed by atoms with Gasteiger partial charge in [0.15, 0.2) is 0 Å². The molecule has 1 atom stereocenters. The van der Waals surface area contributed by atoms with E-state index in [0.717, 1.165) is 0 Å². The number of ether oxygens (including phenoxy) is 4. The monoisotopic (exact) mass is 381 g/mol. The minimum atomic E-state index is -0.893. The van der Waals surface area contributed by atoms with Gasteiger partial charge in [-0.25, -0.2) is 9.59 Å². The first-order valence-corrected chi connectivity index (χ1v) is 8.27. The van der Waals surface area contributed by atoms with Crippen LogP contribution in [0, 0.1) is 0 Å². The van der Waals surface area contributed by atoms with Crippen LogP contribution < -0.4 is 5.32 Å². The summed E-state index contributed by atoms with van der Waals surface area (Å²) in [6.45, 7) is 3.64. The molecule has 1 N–H and O–H groups in total. The second kappa shape index (κ2) is 8.62. The zero-order valence-electron chi connectivity index (χ0n) is 14.9. The van der Waals surface area contributed by atoms with Gasteiger partial charge in [-0.3, -0.25) is 0 Å². The molecule has 1 unspecified atom stereocenters. The predicted molar refractivity (Wildman–Crippen MR) is 94.3 cm³/mol. The van der Waals surface area contributed by atoms with Crippen LogP contribution in [0.2, 0.25) is 5.02 Å². The number of carbonyl (C=O) groups is 2. The largest absolute Gasteiger partial charge is 0.513 e. The van der Waals surface area contributed by atoms with E-state index in [2.05, 4.69) is 14.8 Å². The zero-order valence-corrected chi connectivity index (χ0v) is 15.7. The van der Waals surface area contributed by atoms with E-state index in [1.54, 1.807) is 31.2 Å². The third-order valence-corrected chi connectivity index (χ3v) is 4.16. The van der Waals surface area contributed by atoms with E-state index in [4.69, 9.17) is 21.1 Å². The molecule has 7 nitrogen and oxygen atoms in total. The van der Waals surface area contributed by atoms with Crippen LogP contribution in [0.5, 0.6) is 0 Å². The number of dihydropyridines is 1. The first-order valence-electron chi connectivity index (χ1n) is 7.89. The Hall–Kier alpha value is -2.67. The number of nitrogens with one attached hydrogen (secondary N) is 1. The molecule has 0 aliphatic carbocycles. The van der Waals surface area contributed by atoms with Crippen molar-refractivity contribution in [2.45, 2.75) is 26.2 Å². The quantitative estimate of drug-likeness (QED) is 0.771. The lowest BCUT2D eigenvalue weighted by molar-refractivity contribution is 0.0783. The van der Waals surface area contributed by atoms with Gasteiger partial charge in [0.05, 0.1) is 25.6 Å². The van der Waals surface area contributed by atoms with E-state index in [1.807, 2.05) is 6.92 Å². The number of allylic oxidation sites excluding steroid dienone is 2. The third kappa shape index (κ3) is 4.11. The second-order valence-corrected chi connectivity index (χ2v) is 5.78. The van der Waals surface area contributed by atoms with Gasteiger partial charge in [0.2, 0.25) is 0 Å². The highest BCUT2D eigenvalue weighted by Gasteiger charge is 2.37. The number of hydrogen-bond acceptors (Lipinski definition) is 7. The van der Waals surface area contributed by atoms with Gasteiger partial charge in [0, 0.05) is 5.02 Å². The first-order chi connectivity index (χ1) is 12.4. The maximum atomic E-state index is 11.8. The smallest absolute Gasteiger partial charge is 0.437 e. The van der Waals surface area contributed by atoms with Crippen molar-refractivity contribution in [1.82, 2.24) is 5.32 Å². The van der Waals surface area contributed by atoms with Crippen molar-refractivity contribution in [3.63, 3.8) is 0 Å². The van der Waals surface area contributed by atoms with Gasteiger partial charge in [0.25, 0.3) is 0 Å². The Kier molecular flexibility index (Phi) is 6.52. The van der Waals surface area contributed by atoms with E-state index in [-0.39, 0.29) is 11.5 Å². The Morgan fingerprint density at radius 3 is 2.19 bits per heavy atom. The summed E-state index contributed by atoms with van der Waals surface area (Å²) in [5.74, 6) is -0.254. The van der Waals surface area contributed by atoms with Crippen molar-refractivity contribution in [3.05, 3.63) is 57.8 Å². The fourth-order valence-corrected chi connectivity index (χ4v) is 2.88. The molecule has 0 aromatic heterocycles. The van der Waals surface area contributed by atoms with E-state index >= 15 is 0 Å². The van der Waals surface area contributed by atoms with Gasteiger partial charge in [-0.1, -0.05) is 36.7 Å².